The molecule has 3 aromatic rings. The predicted octanol–water partition coefficient (Wildman–Crippen LogP) is 3.83. The molecule has 7 heteroatoms. The summed E-state index contributed by atoms with van der Waals surface area (Å²) in [4.78, 5) is 9.52. The third kappa shape index (κ3) is 3.14. The zero-order valence-corrected chi connectivity index (χ0v) is 16.5. The van der Waals surface area contributed by atoms with Crippen molar-refractivity contribution in [3.8, 4) is 17.2 Å². The molecular weight excluding hydrogens is 374 g/mol. The highest BCUT2D eigenvalue weighted by Crippen LogP contribution is 2.39. The maximum absolute atomic E-state index is 6.48. The van der Waals surface area contributed by atoms with Gasteiger partial charge in [-0.2, -0.15) is 5.06 Å². The fraction of sp³-hybridized carbons (Fsp3) is 0.333. The van der Waals surface area contributed by atoms with Gasteiger partial charge >= 0.3 is 0 Å². The molecule has 0 spiro atoms. The topological polar surface area (TPSA) is 72.7 Å². The molecule has 0 amide bonds. The van der Waals surface area contributed by atoms with Crippen LogP contribution in [0.4, 0.5) is 0 Å². The lowest BCUT2D eigenvalue weighted by Crippen LogP contribution is -2.44. The van der Waals surface area contributed by atoms with E-state index in [1.54, 1.807) is 18.9 Å². The molecule has 1 unspecified atom stereocenters. The molecule has 6 nitrogen and oxygen atoms in total. The Morgan fingerprint density at radius 3 is 2.75 bits per heavy atom. The minimum atomic E-state index is 0.0367. The molecule has 0 radical (unpaired) electrons. The summed E-state index contributed by atoms with van der Waals surface area (Å²) in [6, 6.07) is 13.9. The first-order chi connectivity index (χ1) is 13.7. The van der Waals surface area contributed by atoms with Crippen LogP contribution in [0.25, 0.3) is 10.9 Å². The minimum Gasteiger partial charge on any atom is -0.497 e. The molecule has 1 aromatic heterocycles. The number of hydrogen-bond donors (Lipinski definition) is 2. The number of rotatable bonds is 3. The number of ether oxygens (including phenoxy) is 2. The molecule has 1 fully saturated rings. The molecule has 2 atom stereocenters. The Morgan fingerprint density at radius 1 is 1.14 bits per heavy atom. The lowest BCUT2D eigenvalue weighted by atomic mass is 9.95. The average molecular weight is 398 g/mol. The SMILES string of the molecule is COc1ccc(Oc2ccc3c4c([nH]c3c2)C2[C@H](N)CSCON2CC4)cc1. The molecule has 28 heavy (non-hydrogen) atoms. The number of nitrogens with zero attached hydrogens (tertiary/aromatic N) is 1. The maximum Gasteiger partial charge on any atom is 0.129 e. The Balaban J connectivity index is 1.48. The lowest BCUT2D eigenvalue weighted by Gasteiger charge is -2.35. The summed E-state index contributed by atoms with van der Waals surface area (Å²) in [7, 11) is 1.65. The standard InChI is InChI=1S/C21H23N3O3S/c1-25-13-2-4-14(5-3-13)27-15-6-7-16-17-8-9-24-21(18(22)11-28-12-26-24)20(17)23-19(16)10-15/h2-7,10,18,21,23H,8-9,11-12,22H2,1H3/t18-,21?/m1/s1. The van der Waals surface area contributed by atoms with E-state index >= 15 is 0 Å². The van der Waals surface area contributed by atoms with Crippen molar-refractivity contribution < 1.29 is 14.3 Å². The molecule has 2 aromatic carbocycles. The fourth-order valence-corrected chi connectivity index (χ4v) is 4.84. The Labute approximate surface area is 167 Å². The second-order valence-electron chi connectivity index (χ2n) is 7.12. The quantitative estimate of drug-likeness (QED) is 0.700. The minimum absolute atomic E-state index is 0.0367. The second kappa shape index (κ2) is 7.33. The average Bonchev–Trinajstić information content (AvgIpc) is 2.97. The van der Waals surface area contributed by atoms with Gasteiger partial charge in [-0.25, -0.2) is 0 Å². The van der Waals surface area contributed by atoms with Gasteiger partial charge in [-0.3, -0.25) is 4.84 Å². The number of aromatic nitrogens is 1. The number of H-pyrrole nitrogens is 1. The Morgan fingerprint density at radius 2 is 1.93 bits per heavy atom. The first kappa shape index (κ1) is 17.9. The van der Waals surface area contributed by atoms with Crippen molar-refractivity contribution in [3.05, 3.63) is 53.7 Å². The number of hydrogen-bond acceptors (Lipinski definition) is 6. The van der Waals surface area contributed by atoms with E-state index < -0.39 is 0 Å². The van der Waals surface area contributed by atoms with Crippen LogP contribution in [0.2, 0.25) is 0 Å². The lowest BCUT2D eigenvalue weighted by molar-refractivity contribution is -0.175. The van der Waals surface area contributed by atoms with E-state index in [-0.39, 0.29) is 12.1 Å². The van der Waals surface area contributed by atoms with Crippen LogP contribution in [0.1, 0.15) is 17.3 Å². The van der Waals surface area contributed by atoms with E-state index in [2.05, 4.69) is 22.2 Å². The van der Waals surface area contributed by atoms with E-state index in [4.69, 9.17) is 20.0 Å². The monoisotopic (exact) mass is 397 g/mol. The Bertz CT molecular complexity index is 988. The molecule has 0 bridgehead atoms. The summed E-state index contributed by atoms with van der Waals surface area (Å²) in [5.74, 6) is 3.94. The summed E-state index contributed by atoms with van der Waals surface area (Å²) in [5, 5.41) is 3.29. The van der Waals surface area contributed by atoms with E-state index in [0.29, 0.717) is 5.94 Å². The summed E-state index contributed by atoms with van der Waals surface area (Å²) in [5.41, 5.74) is 10.1. The highest BCUT2D eigenvalue weighted by Gasteiger charge is 2.36. The number of thioether (sulfide) groups is 1. The molecule has 5 rings (SSSR count). The number of nitrogens with one attached hydrogen (secondary N) is 1. The van der Waals surface area contributed by atoms with Crippen molar-refractivity contribution in [2.45, 2.75) is 18.5 Å². The third-order valence-corrected chi connectivity index (χ3v) is 6.30. The van der Waals surface area contributed by atoms with Gasteiger partial charge in [-0.1, -0.05) is 0 Å². The van der Waals surface area contributed by atoms with Crippen molar-refractivity contribution in [2.24, 2.45) is 5.73 Å². The van der Waals surface area contributed by atoms with Gasteiger partial charge < -0.3 is 20.2 Å². The van der Waals surface area contributed by atoms with E-state index in [9.17, 15) is 0 Å². The molecular formula is C21H23N3O3S. The third-order valence-electron chi connectivity index (χ3n) is 5.41. The van der Waals surface area contributed by atoms with Crippen LogP contribution in [0.5, 0.6) is 17.2 Å². The maximum atomic E-state index is 6.48. The van der Waals surface area contributed by atoms with Crippen molar-refractivity contribution >= 4 is 22.7 Å². The van der Waals surface area contributed by atoms with Gasteiger partial charge in [0.15, 0.2) is 0 Å². The van der Waals surface area contributed by atoms with Crippen molar-refractivity contribution in [2.75, 3.05) is 25.3 Å². The van der Waals surface area contributed by atoms with Gasteiger partial charge in [-0.05, 0) is 48.4 Å². The molecule has 146 valence electrons. The van der Waals surface area contributed by atoms with Gasteiger partial charge in [0.2, 0.25) is 0 Å². The van der Waals surface area contributed by atoms with Gasteiger partial charge in [0.25, 0.3) is 0 Å². The number of nitrogens with two attached hydrogens (primary N) is 1. The van der Waals surface area contributed by atoms with Crippen LogP contribution in [0.15, 0.2) is 42.5 Å². The zero-order chi connectivity index (χ0) is 19.1. The smallest absolute Gasteiger partial charge is 0.129 e. The van der Waals surface area contributed by atoms with Crippen LogP contribution in [-0.2, 0) is 11.3 Å². The normalized spacial score (nSPS) is 22.4. The summed E-state index contributed by atoms with van der Waals surface area (Å²) >= 11 is 1.75. The fourth-order valence-electron chi connectivity index (χ4n) is 4.08. The van der Waals surface area contributed by atoms with Gasteiger partial charge in [0.05, 0.1) is 13.2 Å². The van der Waals surface area contributed by atoms with Crippen molar-refractivity contribution in [3.63, 3.8) is 0 Å². The highest BCUT2D eigenvalue weighted by atomic mass is 32.2. The zero-order valence-electron chi connectivity index (χ0n) is 15.7. The van der Waals surface area contributed by atoms with E-state index in [1.165, 1.54) is 16.6 Å². The van der Waals surface area contributed by atoms with E-state index in [1.807, 2.05) is 30.3 Å². The Kier molecular flexibility index (Phi) is 4.68. The van der Waals surface area contributed by atoms with Crippen molar-refractivity contribution in [1.29, 1.82) is 0 Å². The molecule has 2 aliphatic heterocycles. The summed E-state index contributed by atoms with van der Waals surface area (Å²) < 4.78 is 11.2. The second-order valence-corrected chi connectivity index (χ2v) is 8.10. The number of aromatic amines is 1. The molecule has 2 aliphatic rings. The van der Waals surface area contributed by atoms with Gasteiger partial charge in [0, 0.05) is 41.0 Å². The van der Waals surface area contributed by atoms with Crippen LogP contribution < -0.4 is 15.2 Å². The van der Waals surface area contributed by atoms with Crippen LogP contribution in [0.3, 0.4) is 0 Å². The van der Waals surface area contributed by atoms with Gasteiger partial charge in [0.1, 0.15) is 23.2 Å². The van der Waals surface area contributed by atoms with Crippen LogP contribution >= 0.6 is 11.8 Å². The first-order valence-electron chi connectivity index (χ1n) is 9.42. The van der Waals surface area contributed by atoms with Crippen LogP contribution in [0, 0.1) is 0 Å². The number of benzene rings is 2. The summed E-state index contributed by atoms with van der Waals surface area (Å²) in [6.07, 6.45) is 0.946. The number of methoxy groups -OCH3 is 1. The van der Waals surface area contributed by atoms with Crippen LogP contribution in [-0.4, -0.2) is 41.4 Å². The number of fused-ring (bicyclic) bond motifs is 5. The number of hydroxylamine groups is 2. The van der Waals surface area contributed by atoms with Gasteiger partial charge in [-0.15, -0.1) is 11.8 Å². The molecule has 1 saturated heterocycles. The predicted molar refractivity (Wildman–Crippen MR) is 111 cm³/mol. The largest absolute Gasteiger partial charge is 0.497 e. The highest BCUT2D eigenvalue weighted by molar-refractivity contribution is 7.99. The van der Waals surface area contributed by atoms with E-state index in [0.717, 1.165) is 41.5 Å². The molecule has 0 saturated carbocycles. The summed E-state index contributed by atoms with van der Waals surface area (Å²) in [6.45, 7) is 0.864. The molecule has 3 heterocycles. The molecule has 0 aliphatic carbocycles. The Hall–Kier alpha value is -2.19. The molecule has 3 N–H and O–H groups in total. The first-order valence-corrected chi connectivity index (χ1v) is 10.6. The van der Waals surface area contributed by atoms with Crippen molar-refractivity contribution in [1.82, 2.24) is 10.0 Å².